The first-order valence-electron chi connectivity index (χ1n) is 5.79. The van der Waals surface area contributed by atoms with Crippen LogP contribution in [0.1, 0.15) is 32.6 Å². The molecule has 1 unspecified atom stereocenters. The van der Waals surface area contributed by atoms with Crippen LogP contribution >= 0.6 is 0 Å². The topological polar surface area (TPSA) is 32.3 Å². The molecule has 0 radical (unpaired) electrons. The maximum absolute atomic E-state index is 11.6. The number of carbonyl (C=O) groups is 1. The summed E-state index contributed by atoms with van der Waals surface area (Å²) in [5.74, 6) is 1.04. The quantitative estimate of drug-likeness (QED) is 0.714. The molecule has 1 amide bonds. The Bertz CT molecular complexity index is 211. The largest absolute Gasteiger partial charge is 0.340 e. The van der Waals surface area contributed by atoms with Crippen LogP contribution in [0.3, 0.4) is 0 Å². The summed E-state index contributed by atoms with van der Waals surface area (Å²) in [6, 6.07) is 0.442. The minimum atomic E-state index is 0.364. The molecule has 14 heavy (non-hydrogen) atoms. The van der Waals surface area contributed by atoms with Crippen LogP contribution in [0.4, 0.5) is 0 Å². The second kappa shape index (κ2) is 4.30. The Labute approximate surface area is 85.8 Å². The average Bonchev–Trinajstić information content (AvgIpc) is 2.65. The van der Waals surface area contributed by atoms with Crippen molar-refractivity contribution in [3.05, 3.63) is 0 Å². The van der Waals surface area contributed by atoms with Gasteiger partial charge in [0, 0.05) is 19.0 Å². The fourth-order valence-electron chi connectivity index (χ4n) is 2.64. The molecule has 0 aromatic heterocycles. The van der Waals surface area contributed by atoms with Crippen LogP contribution in [0.15, 0.2) is 0 Å². The zero-order valence-corrected chi connectivity index (χ0v) is 8.96. The van der Waals surface area contributed by atoms with Crippen molar-refractivity contribution in [2.24, 2.45) is 5.92 Å². The van der Waals surface area contributed by atoms with E-state index in [1.807, 2.05) is 0 Å². The van der Waals surface area contributed by atoms with E-state index in [0.717, 1.165) is 32.5 Å². The Morgan fingerprint density at radius 3 is 2.93 bits per heavy atom. The van der Waals surface area contributed by atoms with Crippen molar-refractivity contribution < 1.29 is 4.79 Å². The van der Waals surface area contributed by atoms with Crippen LogP contribution in [0.2, 0.25) is 0 Å². The first-order chi connectivity index (χ1) is 6.79. The van der Waals surface area contributed by atoms with Gasteiger partial charge in [-0.15, -0.1) is 0 Å². The van der Waals surface area contributed by atoms with Gasteiger partial charge in [-0.25, -0.2) is 0 Å². The van der Waals surface area contributed by atoms with E-state index in [9.17, 15) is 4.79 Å². The molecule has 0 aliphatic carbocycles. The minimum Gasteiger partial charge on any atom is -0.340 e. The molecule has 0 saturated carbocycles. The highest BCUT2D eigenvalue weighted by Crippen LogP contribution is 2.23. The lowest BCUT2D eigenvalue weighted by Crippen LogP contribution is -2.45. The lowest BCUT2D eigenvalue weighted by atomic mass is 9.92. The fraction of sp³-hybridized carbons (Fsp3) is 0.909. The van der Waals surface area contributed by atoms with Crippen LogP contribution in [0, 0.1) is 5.92 Å². The lowest BCUT2D eigenvalue weighted by Gasteiger charge is -2.34. The molecule has 2 rings (SSSR count). The highest BCUT2D eigenvalue weighted by Gasteiger charge is 2.30. The zero-order chi connectivity index (χ0) is 9.97. The van der Waals surface area contributed by atoms with Crippen molar-refractivity contribution in [2.45, 2.75) is 38.6 Å². The third kappa shape index (κ3) is 1.92. The first-order valence-corrected chi connectivity index (χ1v) is 5.79. The van der Waals surface area contributed by atoms with E-state index >= 15 is 0 Å². The molecular formula is C11H20N2O. The molecule has 0 aromatic carbocycles. The molecule has 1 N–H and O–H groups in total. The normalized spacial score (nSPS) is 30.8. The van der Waals surface area contributed by atoms with E-state index in [4.69, 9.17) is 0 Å². The molecule has 80 valence electrons. The third-order valence-electron chi connectivity index (χ3n) is 3.62. The molecule has 2 aliphatic rings. The second-order valence-corrected chi connectivity index (χ2v) is 4.54. The molecule has 2 atom stereocenters. The Kier molecular flexibility index (Phi) is 3.06. The number of rotatable bonds is 2. The van der Waals surface area contributed by atoms with Crippen LogP contribution in [-0.4, -0.2) is 36.5 Å². The Morgan fingerprint density at radius 2 is 2.36 bits per heavy atom. The summed E-state index contributed by atoms with van der Waals surface area (Å²) in [6.45, 7) is 5.43. The zero-order valence-electron chi connectivity index (χ0n) is 8.96. The van der Waals surface area contributed by atoms with Gasteiger partial charge in [-0.1, -0.05) is 0 Å². The molecule has 2 aliphatic heterocycles. The van der Waals surface area contributed by atoms with Crippen LogP contribution in [0.5, 0.6) is 0 Å². The number of likely N-dealkylation sites (tertiary alicyclic amines) is 1. The molecule has 0 bridgehead atoms. The summed E-state index contributed by atoms with van der Waals surface area (Å²) in [5.41, 5.74) is 0. The van der Waals surface area contributed by atoms with Crippen LogP contribution in [-0.2, 0) is 4.79 Å². The van der Waals surface area contributed by atoms with Crippen molar-refractivity contribution >= 4 is 5.91 Å². The van der Waals surface area contributed by atoms with Gasteiger partial charge in [0.25, 0.3) is 0 Å². The van der Waals surface area contributed by atoms with E-state index in [2.05, 4.69) is 17.1 Å². The molecule has 0 spiro atoms. The summed E-state index contributed by atoms with van der Waals surface area (Å²) in [6.07, 6.45) is 4.36. The van der Waals surface area contributed by atoms with Crippen LogP contribution < -0.4 is 5.32 Å². The number of piperidine rings is 1. The van der Waals surface area contributed by atoms with Crippen molar-refractivity contribution in [1.29, 1.82) is 0 Å². The Balaban J connectivity index is 1.92. The number of carbonyl (C=O) groups excluding carboxylic acids is 1. The summed E-state index contributed by atoms with van der Waals surface area (Å²) in [7, 11) is 0. The summed E-state index contributed by atoms with van der Waals surface area (Å²) in [5, 5.41) is 3.42. The molecular weight excluding hydrogens is 176 g/mol. The van der Waals surface area contributed by atoms with Gasteiger partial charge in [0.2, 0.25) is 5.91 Å². The smallest absolute Gasteiger partial charge is 0.222 e. The maximum atomic E-state index is 11.6. The molecule has 2 fully saturated rings. The fourth-order valence-corrected chi connectivity index (χ4v) is 2.64. The number of hydrogen-bond acceptors (Lipinski definition) is 2. The summed E-state index contributed by atoms with van der Waals surface area (Å²) >= 11 is 0. The van der Waals surface area contributed by atoms with Gasteiger partial charge >= 0.3 is 0 Å². The average molecular weight is 196 g/mol. The van der Waals surface area contributed by atoms with E-state index in [0.29, 0.717) is 17.9 Å². The molecule has 3 heteroatoms. The van der Waals surface area contributed by atoms with Gasteiger partial charge in [-0.3, -0.25) is 4.79 Å². The highest BCUT2D eigenvalue weighted by atomic mass is 16.2. The maximum Gasteiger partial charge on any atom is 0.222 e. The van der Waals surface area contributed by atoms with Crippen molar-refractivity contribution in [1.82, 2.24) is 10.2 Å². The van der Waals surface area contributed by atoms with E-state index in [1.165, 1.54) is 12.8 Å². The SMILES string of the molecule is CC([C@H]1CCCNC1)N1CCCC1=O. The van der Waals surface area contributed by atoms with Gasteiger partial charge < -0.3 is 10.2 Å². The predicted octanol–water partition coefficient (Wildman–Crippen LogP) is 0.997. The standard InChI is InChI=1S/C11H20N2O/c1-9(10-4-2-6-12-8-10)13-7-3-5-11(13)14/h9-10,12H,2-8H2,1H3/t9?,10-/m0/s1. The van der Waals surface area contributed by atoms with Gasteiger partial charge in [-0.05, 0) is 45.2 Å². The summed E-state index contributed by atoms with van der Waals surface area (Å²) < 4.78 is 0. The van der Waals surface area contributed by atoms with Crippen molar-refractivity contribution in [3.8, 4) is 0 Å². The monoisotopic (exact) mass is 196 g/mol. The van der Waals surface area contributed by atoms with Crippen molar-refractivity contribution in [3.63, 3.8) is 0 Å². The first kappa shape index (κ1) is 9.97. The summed E-state index contributed by atoms with van der Waals surface area (Å²) in [4.78, 5) is 13.6. The van der Waals surface area contributed by atoms with Gasteiger partial charge in [0.05, 0.1) is 0 Å². The van der Waals surface area contributed by atoms with Gasteiger partial charge in [-0.2, -0.15) is 0 Å². The van der Waals surface area contributed by atoms with E-state index in [-0.39, 0.29) is 0 Å². The van der Waals surface area contributed by atoms with Gasteiger partial charge in [0.1, 0.15) is 0 Å². The predicted molar refractivity (Wildman–Crippen MR) is 56.0 cm³/mol. The molecule has 2 heterocycles. The van der Waals surface area contributed by atoms with E-state index < -0.39 is 0 Å². The minimum absolute atomic E-state index is 0.364. The van der Waals surface area contributed by atoms with Crippen LogP contribution in [0.25, 0.3) is 0 Å². The Hall–Kier alpha value is -0.570. The number of nitrogens with one attached hydrogen (secondary N) is 1. The number of hydrogen-bond donors (Lipinski definition) is 1. The number of nitrogens with zero attached hydrogens (tertiary/aromatic N) is 1. The molecule has 3 nitrogen and oxygen atoms in total. The molecule has 2 saturated heterocycles. The Morgan fingerprint density at radius 1 is 1.50 bits per heavy atom. The lowest BCUT2D eigenvalue weighted by molar-refractivity contribution is -0.130. The third-order valence-corrected chi connectivity index (χ3v) is 3.62. The van der Waals surface area contributed by atoms with Gasteiger partial charge in [0.15, 0.2) is 0 Å². The second-order valence-electron chi connectivity index (χ2n) is 4.54. The van der Waals surface area contributed by atoms with Crippen molar-refractivity contribution in [2.75, 3.05) is 19.6 Å². The van der Waals surface area contributed by atoms with E-state index in [1.54, 1.807) is 0 Å². The highest BCUT2D eigenvalue weighted by molar-refractivity contribution is 5.78. The molecule has 0 aromatic rings. The number of amides is 1.